The lowest BCUT2D eigenvalue weighted by molar-refractivity contribution is 0.159. The predicted molar refractivity (Wildman–Crippen MR) is 162 cm³/mol. The molecule has 1 aliphatic rings. The molecule has 216 valence electrons. The van der Waals surface area contributed by atoms with Crippen molar-refractivity contribution in [3.05, 3.63) is 90.5 Å². The van der Waals surface area contributed by atoms with E-state index in [0.29, 0.717) is 12.4 Å². The molecule has 5 aromatic rings. The molecule has 2 amide bonds. The van der Waals surface area contributed by atoms with Gasteiger partial charge in [0.15, 0.2) is 0 Å². The van der Waals surface area contributed by atoms with E-state index >= 15 is 0 Å². The summed E-state index contributed by atoms with van der Waals surface area (Å²) in [6, 6.07) is 17.9. The van der Waals surface area contributed by atoms with Crippen LogP contribution in [-0.2, 0) is 11.8 Å². The van der Waals surface area contributed by atoms with Gasteiger partial charge >= 0.3 is 6.03 Å². The third kappa shape index (κ3) is 5.69. The van der Waals surface area contributed by atoms with Crippen LogP contribution in [0.3, 0.4) is 0 Å². The number of likely N-dealkylation sites (tertiary alicyclic amines) is 1. The minimum atomic E-state index is -0.275. The molecule has 1 fully saturated rings. The fourth-order valence-electron chi connectivity index (χ4n) is 5.66. The van der Waals surface area contributed by atoms with E-state index in [9.17, 15) is 4.79 Å². The Hall–Kier alpha value is -4.74. The highest BCUT2D eigenvalue weighted by Gasteiger charge is 2.35. The molecule has 11 heteroatoms. The van der Waals surface area contributed by atoms with E-state index in [0.717, 1.165) is 53.3 Å². The number of benzene rings is 2. The number of para-hydroxylation sites is 1. The van der Waals surface area contributed by atoms with Gasteiger partial charge in [0, 0.05) is 68.8 Å². The van der Waals surface area contributed by atoms with E-state index < -0.39 is 0 Å². The summed E-state index contributed by atoms with van der Waals surface area (Å²) in [5.74, 6) is 0.718. The third-order valence-electron chi connectivity index (χ3n) is 7.80. The number of aryl methyl sites for hydroxylation is 1. The Morgan fingerprint density at radius 2 is 1.93 bits per heavy atom. The van der Waals surface area contributed by atoms with Crippen LogP contribution < -0.4 is 10.6 Å². The standard InChI is InChI=1S/C31H35N9O2/c1-21-29(25-17-34-38(2)18-25)37-40(26-10-5-4-6-11-26)30(21)36-31(41)35-28-20-39(12-13-42-3)19-27(28)23-9-7-8-22(14-23)24-15-32-33-16-24/h4-11,14-18,27-28H,12-13,19-20H2,1-3H3,(H,32,33)(H2,35,36,41)/t27-,28+/m0/s1. The second-order valence-electron chi connectivity index (χ2n) is 10.6. The first-order chi connectivity index (χ1) is 20.5. The van der Waals surface area contributed by atoms with Crippen LogP contribution in [0.25, 0.3) is 28.1 Å². The maximum Gasteiger partial charge on any atom is 0.320 e. The number of methoxy groups -OCH3 is 1. The second-order valence-corrected chi connectivity index (χ2v) is 10.6. The highest BCUT2D eigenvalue weighted by atomic mass is 16.5. The van der Waals surface area contributed by atoms with Crippen molar-refractivity contribution in [1.29, 1.82) is 0 Å². The lowest BCUT2D eigenvalue weighted by Crippen LogP contribution is -2.42. The number of carbonyl (C=O) groups excluding carboxylic acids is 1. The van der Waals surface area contributed by atoms with Crippen LogP contribution in [0.2, 0.25) is 0 Å². The fourth-order valence-corrected chi connectivity index (χ4v) is 5.66. The van der Waals surface area contributed by atoms with Gasteiger partial charge < -0.3 is 10.1 Å². The first kappa shape index (κ1) is 27.4. The molecule has 6 rings (SSSR count). The summed E-state index contributed by atoms with van der Waals surface area (Å²) in [7, 11) is 3.58. The minimum absolute atomic E-state index is 0.102. The van der Waals surface area contributed by atoms with Crippen molar-refractivity contribution in [2.45, 2.75) is 18.9 Å². The molecule has 3 aromatic heterocycles. The van der Waals surface area contributed by atoms with E-state index in [1.165, 1.54) is 5.56 Å². The van der Waals surface area contributed by atoms with Gasteiger partial charge in [0.25, 0.3) is 0 Å². The second kappa shape index (κ2) is 12.0. The Morgan fingerprint density at radius 1 is 1.07 bits per heavy atom. The van der Waals surface area contributed by atoms with Gasteiger partial charge in [-0.25, -0.2) is 9.48 Å². The number of urea groups is 1. The number of H-pyrrole nitrogens is 1. The van der Waals surface area contributed by atoms with Gasteiger partial charge in [0.05, 0.1) is 30.7 Å². The van der Waals surface area contributed by atoms with E-state index in [2.05, 4.69) is 55.1 Å². The summed E-state index contributed by atoms with van der Waals surface area (Å²) in [6.07, 6.45) is 7.41. The molecule has 0 radical (unpaired) electrons. The summed E-state index contributed by atoms with van der Waals surface area (Å²) >= 11 is 0. The zero-order valence-electron chi connectivity index (χ0n) is 24.0. The molecule has 0 unspecified atom stereocenters. The Balaban J connectivity index is 1.27. The Labute approximate surface area is 244 Å². The van der Waals surface area contributed by atoms with Crippen molar-refractivity contribution in [1.82, 2.24) is 40.0 Å². The third-order valence-corrected chi connectivity index (χ3v) is 7.80. The van der Waals surface area contributed by atoms with Crippen molar-refractivity contribution in [2.24, 2.45) is 7.05 Å². The molecule has 11 nitrogen and oxygen atoms in total. The molecular formula is C31H35N9O2. The number of anilines is 1. The van der Waals surface area contributed by atoms with Crippen LogP contribution >= 0.6 is 0 Å². The molecule has 0 bridgehead atoms. The van der Waals surface area contributed by atoms with Gasteiger partial charge in [-0.1, -0.05) is 42.5 Å². The van der Waals surface area contributed by atoms with Crippen molar-refractivity contribution in [2.75, 3.05) is 38.7 Å². The number of aromatic amines is 1. The number of amides is 2. The number of ether oxygens (including phenoxy) is 1. The van der Waals surface area contributed by atoms with Crippen LogP contribution in [-0.4, -0.2) is 80.1 Å². The predicted octanol–water partition coefficient (Wildman–Crippen LogP) is 4.21. The number of aromatic nitrogens is 6. The number of hydrogen-bond donors (Lipinski definition) is 3. The molecular weight excluding hydrogens is 530 g/mol. The van der Waals surface area contributed by atoms with Gasteiger partial charge in [-0.15, -0.1) is 0 Å². The topological polar surface area (TPSA) is 118 Å². The van der Waals surface area contributed by atoms with E-state index in [1.807, 2.05) is 62.9 Å². The monoisotopic (exact) mass is 565 g/mol. The molecule has 1 saturated heterocycles. The van der Waals surface area contributed by atoms with Gasteiger partial charge in [0.1, 0.15) is 11.5 Å². The molecule has 2 aromatic carbocycles. The molecule has 1 aliphatic heterocycles. The zero-order chi connectivity index (χ0) is 29.1. The molecule has 0 spiro atoms. The Bertz CT molecular complexity index is 1640. The van der Waals surface area contributed by atoms with Crippen molar-refractivity contribution < 1.29 is 9.53 Å². The number of rotatable bonds is 9. The molecule has 0 saturated carbocycles. The first-order valence-corrected chi connectivity index (χ1v) is 14.0. The first-order valence-electron chi connectivity index (χ1n) is 14.0. The highest BCUT2D eigenvalue weighted by molar-refractivity contribution is 5.91. The van der Waals surface area contributed by atoms with E-state index in [1.54, 1.807) is 22.7 Å². The fraction of sp³-hybridized carbons (Fsp3) is 0.290. The van der Waals surface area contributed by atoms with Crippen molar-refractivity contribution >= 4 is 11.8 Å². The van der Waals surface area contributed by atoms with Crippen LogP contribution in [0.5, 0.6) is 0 Å². The lowest BCUT2D eigenvalue weighted by Gasteiger charge is -2.21. The van der Waals surface area contributed by atoms with Crippen molar-refractivity contribution in [3.63, 3.8) is 0 Å². The maximum atomic E-state index is 13.7. The molecule has 42 heavy (non-hydrogen) atoms. The number of carbonyl (C=O) groups is 1. The van der Waals surface area contributed by atoms with Gasteiger partial charge in [-0.05, 0) is 30.2 Å². The van der Waals surface area contributed by atoms with Crippen LogP contribution in [0.1, 0.15) is 17.0 Å². The maximum absolute atomic E-state index is 13.7. The van der Waals surface area contributed by atoms with Crippen LogP contribution in [0.4, 0.5) is 10.6 Å². The summed E-state index contributed by atoms with van der Waals surface area (Å²) in [6.45, 7) is 4.93. The molecule has 2 atom stereocenters. The molecule has 3 N–H and O–H groups in total. The smallest absolute Gasteiger partial charge is 0.320 e. The largest absolute Gasteiger partial charge is 0.383 e. The molecule has 4 heterocycles. The lowest BCUT2D eigenvalue weighted by atomic mass is 9.92. The number of nitrogens with one attached hydrogen (secondary N) is 3. The van der Waals surface area contributed by atoms with Crippen molar-refractivity contribution in [3.8, 4) is 28.1 Å². The van der Waals surface area contributed by atoms with Gasteiger partial charge in [0.2, 0.25) is 0 Å². The highest BCUT2D eigenvalue weighted by Crippen LogP contribution is 2.32. The van der Waals surface area contributed by atoms with Crippen LogP contribution in [0.15, 0.2) is 79.4 Å². The van der Waals surface area contributed by atoms with Gasteiger partial charge in [-0.2, -0.15) is 15.3 Å². The average Bonchev–Trinajstić information content (AvgIpc) is 3.81. The quantitative estimate of drug-likeness (QED) is 0.247. The van der Waals surface area contributed by atoms with E-state index in [4.69, 9.17) is 9.84 Å². The van der Waals surface area contributed by atoms with E-state index in [-0.39, 0.29) is 18.0 Å². The number of hydrogen-bond acceptors (Lipinski definition) is 6. The summed E-state index contributed by atoms with van der Waals surface area (Å²) < 4.78 is 8.87. The molecule has 0 aliphatic carbocycles. The minimum Gasteiger partial charge on any atom is -0.383 e. The van der Waals surface area contributed by atoms with Crippen LogP contribution in [0, 0.1) is 6.92 Å². The SMILES string of the molecule is COCCN1C[C@@H](NC(=O)Nc2c(C)c(-c3cnn(C)c3)nn2-c2ccccc2)[C@H](c2cccc(-c3cn[nH]c3)c2)C1. The summed E-state index contributed by atoms with van der Waals surface area (Å²) in [5, 5.41) is 22.6. The van der Waals surface area contributed by atoms with Gasteiger partial charge in [-0.3, -0.25) is 20.0 Å². The Morgan fingerprint density at radius 3 is 2.67 bits per heavy atom. The number of nitrogens with zero attached hydrogens (tertiary/aromatic N) is 6. The summed E-state index contributed by atoms with van der Waals surface area (Å²) in [4.78, 5) is 16.0. The normalized spacial score (nSPS) is 17.0. The average molecular weight is 566 g/mol. The summed E-state index contributed by atoms with van der Waals surface area (Å²) in [5.41, 5.74) is 6.65. The zero-order valence-corrected chi connectivity index (χ0v) is 24.0. The Kier molecular flexibility index (Phi) is 7.85.